The summed E-state index contributed by atoms with van der Waals surface area (Å²) < 4.78 is 0. The van der Waals surface area contributed by atoms with Gasteiger partial charge in [-0.15, -0.1) is 0 Å². The van der Waals surface area contributed by atoms with Crippen molar-refractivity contribution in [2.45, 2.75) is 38.5 Å². The number of nitrogens with zero attached hydrogens (tertiary/aromatic N) is 1. The highest BCUT2D eigenvalue weighted by Crippen LogP contribution is 2.28. The Bertz CT molecular complexity index is 571. The summed E-state index contributed by atoms with van der Waals surface area (Å²) in [6, 6.07) is 21.2. The van der Waals surface area contributed by atoms with Crippen LogP contribution in [0.4, 0.5) is 5.69 Å². The normalized spacial score (nSPS) is 20.6. The molecule has 0 heterocycles. The number of rotatable bonds is 4. The average Bonchev–Trinajstić information content (AvgIpc) is 2.56. The van der Waals surface area contributed by atoms with Gasteiger partial charge in [-0.05, 0) is 55.7 Å². The van der Waals surface area contributed by atoms with Gasteiger partial charge in [0.15, 0.2) is 0 Å². The third-order valence-electron chi connectivity index (χ3n) is 4.36. The smallest absolute Gasteiger partial charge is 0.0629 e. The molecule has 0 aromatic heterocycles. The Hall–Kier alpha value is -1.89. The van der Waals surface area contributed by atoms with Crippen molar-refractivity contribution in [3.05, 3.63) is 66.2 Å². The lowest BCUT2D eigenvalue weighted by molar-refractivity contribution is 0.497. The summed E-state index contributed by atoms with van der Waals surface area (Å²) in [6.07, 6.45) is 7.53. The van der Waals surface area contributed by atoms with Gasteiger partial charge in [-0.1, -0.05) is 55.0 Å². The summed E-state index contributed by atoms with van der Waals surface area (Å²) in [6.45, 7) is 0. The van der Waals surface area contributed by atoms with Crippen molar-refractivity contribution in [1.82, 2.24) is 0 Å². The van der Waals surface area contributed by atoms with Crippen LogP contribution in [0, 0.1) is 5.92 Å². The zero-order valence-electron chi connectivity index (χ0n) is 12.5. The molecule has 0 N–H and O–H groups in total. The van der Waals surface area contributed by atoms with Crippen LogP contribution in [-0.4, -0.2) is 5.71 Å². The van der Waals surface area contributed by atoms with Gasteiger partial charge >= 0.3 is 0 Å². The molecule has 0 aliphatic heterocycles. The van der Waals surface area contributed by atoms with Gasteiger partial charge in [-0.25, -0.2) is 0 Å². The topological polar surface area (TPSA) is 12.4 Å². The summed E-state index contributed by atoms with van der Waals surface area (Å²) in [7, 11) is 0. The van der Waals surface area contributed by atoms with E-state index in [0.29, 0.717) is 5.92 Å². The quantitative estimate of drug-likeness (QED) is 0.691. The SMILES string of the molecule is c1ccc(CCC2CCCCC2=Nc2ccccc2)cc1. The molecule has 1 nitrogen and oxygen atoms in total. The first-order valence-electron chi connectivity index (χ1n) is 8.08. The fourth-order valence-electron chi connectivity index (χ4n) is 3.18. The van der Waals surface area contributed by atoms with Crippen LogP contribution in [0.5, 0.6) is 0 Å². The average molecular weight is 277 g/mol. The largest absolute Gasteiger partial charge is 0.258 e. The predicted molar refractivity (Wildman–Crippen MR) is 90.3 cm³/mol. The third-order valence-corrected chi connectivity index (χ3v) is 4.36. The lowest BCUT2D eigenvalue weighted by atomic mass is 9.83. The Kier molecular flexibility index (Phi) is 4.83. The van der Waals surface area contributed by atoms with E-state index in [9.17, 15) is 0 Å². The van der Waals surface area contributed by atoms with Crippen molar-refractivity contribution in [2.75, 3.05) is 0 Å². The molecule has 1 fully saturated rings. The first-order chi connectivity index (χ1) is 10.4. The van der Waals surface area contributed by atoms with Crippen LogP contribution in [0.15, 0.2) is 65.7 Å². The third kappa shape index (κ3) is 4.04. The molecule has 1 atom stereocenters. The van der Waals surface area contributed by atoms with Crippen LogP contribution in [0.25, 0.3) is 0 Å². The lowest BCUT2D eigenvalue weighted by Crippen LogP contribution is -2.19. The summed E-state index contributed by atoms with van der Waals surface area (Å²) in [4.78, 5) is 4.93. The Morgan fingerprint density at radius 2 is 1.57 bits per heavy atom. The van der Waals surface area contributed by atoms with Gasteiger partial charge < -0.3 is 0 Å². The van der Waals surface area contributed by atoms with E-state index < -0.39 is 0 Å². The first-order valence-corrected chi connectivity index (χ1v) is 8.08. The Balaban J connectivity index is 1.68. The highest BCUT2D eigenvalue weighted by molar-refractivity contribution is 5.89. The fourth-order valence-corrected chi connectivity index (χ4v) is 3.18. The van der Waals surface area contributed by atoms with Gasteiger partial charge in [0.1, 0.15) is 0 Å². The summed E-state index contributed by atoms with van der Waals surface area (Å²) in [5.74, 6) is 0.666. The number of aryl methyl sites for hydroxylation is 1. The molecule has 0 saturated heterocycles. The lowest BCUT2D eigenvalue weighted by Gasteiger charge is -2.24. The summed E-state index contributed by atoms with van der Waals surface area (Å²) >= 11 is 0. The first kappa shape index (κ1) is 14.1. The van der Waals surface area contributed by atoms with Crippen molar-refractivity contribution in [1.29, 1.82) is 0 Å². The maximum atomic E-state index is 4.93. The zero-order chi connectivity index (χ0) is 14.3. The van der Waals surface area contributed by atoms with Crippen LogP contribution >= 0.6 is 0 Å². The van der Waals surface area contributed by atoms with Gasteiger partial charge in [0, 0.05) is 5.71 Å². The minimum absolute atomic E-state index is 0.666. The van der Waals surface area contributed by atoms with Crippen LogP contribution in [0.1, 0.15) is 37.7 Å². The van der Waals surface area contributed by atoms with E-state index in [1.54, 1.807) is 0 Å². The molecule has 0 amide bonds. The van der Waals surface area contributed by atoms with Gasteiger partial charge in [-0.2, -0.15) is 0 Å². The van der Waals surface area contributed by atoms with Crippen molar-refractivity contribution >= 4 is 11.4 Å². The second-order valence-electron chi connectivity index (χ2n) is 5.91. The van der Waals surface area contributed by atoms with E-state index >= 15 is 0 Å². The molecule has 2 aromatic carbocycles. The summed E-state index contributed by atoms with van der Waals surface area (Å²) in [5, 5.41) is 0. The van der Waals surface area contributed by atoms with E-state index in [2.05, 4.69) is 60.7 Å². The molecule has 108 valence electrons. The van der Waals surface area contributed by atoms with E-state index in [4.69, 9.17) is 4.99 Å². The molecule has 0 bridgehead atoms. The van der Waals surface area contributed by atoms with Gasteiger partial charge in [0.25, 0.3) is 0 Å². The molecule has 1 heteroatoms. The molecular weight excluding hydrogens is 254 g/mol. The van der Waals surface area contributed by atoms with Crippen LogP contribution < -0.4 is 0 Å². The number of hydrogen-bond acceptors (Lipinski definition) is 1. The molecule has 3 rings (SSSR count). The maximum absolute atomic E-state index is 4.93. The molecule has 1 aliphatic carbocycles. The number of aliphatic imine (C=N–C) groups is 1. The number of hydrogen-bond donors (Lipinski definition) is 0. The van der Waals surface area contributed by atoms with Crippen LogP contribution in [0.3, 0.4) is 0 Å². The molecule has 1 unspecified atom stereocenters. The molecule has 0 spiro atoms. The molecule has 1 saturated carbocycles. The molecule has 0 radical (unpaired) electrons. The van der Waals surface area contributed by atoms with Gasteiger partial charge in [-0.3, -0.25) is 4.99 Å². The molecule has 2 aromatic rings. The Labute approximate surface area is 127 Å². The van der Waals surface area contributed by atoms with E-state index in [0.717, 1.165) is 5.69 Å². The van der Waals surface area contributed by atoms with Crippen LogP contribution in [0.2, 0.25) is 0 Å². The number of benzene rings is 2. The highest BCUT2D eigenvalue weighted by atomic mass is 14.8. The second kappa shape index (κ2) is 7.21. The summed E-state index contributed by atoms with van der Waals surface area (Å²) in [5.41, 5.74) is 3.98. The van der Waals surface area contributed by atoms with Crippen molar-refractivity contribution in [3.63, 3.8) is 0 Å². The van der Waals surface area contributed by atoms with E-state index in [1.165, 1.54) is 49.8 Å². The van der Waals surface area contributed by atoms with Crippen molar-refractivity contribution in [3.8, 4) is 0 Å². The Morgan fingerprint density at radius 3 is 2.33 bits per heavy atom. The molecule has 21 heavy (non-hydrogen) atoms. The van der Waals surface area contributed by atoms with E-state index in [1.807, 2.05) is 0 Å². The maximum Gasteiger partial charge on any atom is 0.0629 e. The van der Waals surface area contributed by atoms with Crippen molar-refractivity contribution in [2.24, 2.45) is 10.9 Å². The minimum atomic E-state index is 0.666. The van der Waals surface area contributed by atoms with Crippen LogP contribution in [-0.2, 0) is 6.42 Å². The second-order valence-corrected chi connectivity index (χ2v) is 5.91. The molecule has 1 aliphatic rings. The standard InChI is InChI=1S/C20H23N/c1-3-9-17(10-4-1)15-16-18-11-7-8-14-20(18)21-19-12-5-2-6-13-19/h1-6,9-10,12-13,18H,7-8,11,14-16H2. The number of para-hydroxylation sites is 1. The predicted octanol–water partition coefficient (Wildman–Crippen LogP) is 5.58. The Morgan fingerprint density at radius 1 is 0.857 bits per heavy atom. The van der Waals surface area contributed by atoms with Crippen molar-refractivity contribution < 1.29 is 0 Å². The molecular formula is C20H23N. The fraction of sp³-hybridized carbons (Fsp3) is 0.350. The zero-order valence-corrected chi connectivity index (χ0v) is 12.5. The minimum Gasteiger partial charge on any atom is -0.258 e. The van der Waals surface area contributed by atoms with Gasteiger partial charge in [0.2, 0.25) is 0 Å². The monoisotopic (exact) mass is 277 g/mol. The highest BCUT2D eigenvalue weighted by Gasteiger charge is 2.20. The van der Waals surface area contributed by atoms with Gasteiger partial charge in [0.05, 0.1) is 5.69 Å². The van der Waals surface area contributed by atoms with E-state index in [-0.39, 0.29) is 0 Å².